The van der Waals surface area contributed by atoms with E-state index in [0.717, 1.165) is 11.1 Å². The second kappa shape index (κ2) is 8.75. The molecule has 0 radical (unpaired) electrons. The van der Waals surface area contributed by atoms with Crippen molar-refractivity contribution in [3.63, 3.8) is 0 Å². The molecule has 0 atom stereocenters. The van der Waals surface area contributed by atoms with Gasteiger partial charge in [0.2, 0.25) is 10.0 Å². The summed E-state index contributed by atoms with van der Waals surface area (Å²) in [7, 11) is -2.04. The second-order valence-corrected chi connectivity index (χ2v) is 7.35. The highest BCUT2D eigenvalue weighted by molar-refractivity contribution is 7.89. The highest BCUT2D eigenvalue weighted by atomic mass is 32.2. The molecule has 0 aliphatic heterocycles. The van der Waals surface area contributed by atoms with Crippen molar-refractivity contribution in [3.8, 4) is 0 Å². The van der Waals surface area contributed by atoms with Crippen LogP contribution in [0.3, 0.4) is 0 Å². The summed E-state index contributed by atoms with van der Waals surface area (Å²) in [5, 5.41) is 2.82. The number of methoxy groups -OCH3 is 1. The molecule has 2 rings (SSSR count). The average Bonchev–Trinajstić information content (AvgIpc) is 2.60. The van der Waals surface area contributed by atoms with Crippen LogP contribution in [0.5, 0.6) is 0 Å². The molecule has 6 nitrogen and oxygen atoms in total. The Morgan fingerprint density at radius 2 is 1.84 bits per heavy atom. The molecular formula is C18H22N2O4S. The van der Waals surface area contributed by atoms with Crippen LogP contribution in [0.1, 0.15) is 21.5 Å². The van der Waals surface area contributed by atoms with Crippen LogP contribution >= 0.6 is 0 Å². The summed E-state index contributed by atoms with van der Waals surface area (Å²) in [6.07, 6.45) is 0. The van der Waals surface area contributed by atoms with E-state index in [9.17, 15) is 13.2 Å². The van der Waals surface area contributed by atoms with Gasteiger partial charge in [-0.25, -0.2) is 13.1 Å². The summed E-state index contributed by atoms with van der Waals surface area (Å²) in [6.45, 7) is 2.77. The number of carbonyl (C=O) groups is 1. The highest BCUT2D eigenvalue weighted by Crippen LogP contribution is 2.11. The minimum Gasteiger partial charge on any atom is -0.383 e. The first kappa shape index (κ1) is 19.1. The molecule has 0 aliphatic rings. The molecule has 2 aromatic carbocycles. The Morgan fingerprint density at radius 1 is 1.12 bits per heavy atom. The van der Waals surface area contributed by atoms with Crippen LogP contribution in [0.15, 0.2) is 53.4 Å². The molecular weight excluding hydrogens is 340 g/mol. The molecule has 7 heteroatoms. The van der Waals surface area contributed by atoms with E-state index in [1.54, 1.807) is 18.2 Å². The van der Waals surface area contributed by atoms with Crippen molar-refractivity contribution in [3.05, 3.63) is 65.2 Å². The minimum absolute atomic E-state index is 0.165. The maximum atomic E-state index is 12.1. The Kier molecular flexibility index (Phi) is 6.69. The topological polar surface area (TPSA) is 84.5 Å². The van der Waals surface area contributed by atoms with E-state index in [0.29, 0.717) is 18.7 Å². The minimum atomic E-state index is -3.55. The van der Waals surface area contributed by atoms with Gasteiger partial charge in [0, 0.05) is 25.8 Å². The summed E-state index contributed by atoms with van der Waals surface area (Å²) in [5.41, 5.74) is 2.43. The van der Waals surface area contributed by atoms with Crippen LogP contribution in [0.4, 0.5) is 0 Å². The van der Waals surface area contributed by atoms with Gasteiger partial charge >= 0.3 is 0 Å². The Labute approximate surface area is 148 Å². The van der Waals surface area contributed by atoms with Crippen LogP contribution in [0.25, 0.3) is 0 Å². The van der Waals surface area contributed by atoms with Crippen LogP contribution in [0.2, 0.25) is 0 Å². The third kappa shape index (κ3) is 5.67. The molecule has 2 N–H and O–H groups in total. The zero-order chi connectivity index (χ0) is 18.3. The number of hydrogen-bond donors (Lipinski definition) is 2. The third-order valence-corrected chi connectivity index (χ3v) is 5.04. The van der Waals surface area contributed by atoms with Gasteiger partial charge in [-0.3, -0.25) is 4.79 Å². The van der Waals surface area contributed by atoms with Crippen LogP contribution in [-0.4, -0.2) is 34.6 Å². The molecule has 0 unspecified atom stereocenters. The average molecular weight is 362 g/mol. The van der Waals surface area contributed by atoms with Gasteiger partial charge in [0.15, 0.2) is 0 Å². The van der Waals surface area contributed by atoms with E-state index in [4.69, 9.17) is 4.74 Å². The third-order valence-electron chi connectivity index (χ3n) is 3.57. The first-order valence-electron chi connectivity index (χ1n) is 7.85. The van der Waals surface area contributed by atoms with Crippen molar-refractivity contribution in [1.82, 2.24) is 10.0 Å². The number of nitrogens with one attached hydrogen (secondary N) is 2. The Hall–Kier alpha value is -2.22. The van der Waals surface area contributed by atoms with Crippen molar-refractivity contribution in [2.24, 2.45) is 0 Å². The van der Waals surface area contributed by atoms with E-state index >= 15 is 0 Å². The number of aryl methyl sites for hydroxylation is 1. The molecule has 0 heterocycles. The number of amides is 1. The van der Waals surface area contributed by atoms with E-state index in [2.05, 4.69) is 10.0 Å². The summed E-state index contributed by atoms with van der Waals surface area (Å²) < 4.78 is 31.4. The second-order valence-electron chi connectivity index (χ2n) is 5.59. The van der Waals surface area contributed by atoms with E-state index in [-0.39, 0.29) is 17.3 Å². The Bertz CT molecular complexity index is 817. The maximum Gasteiger partial charge on any atom is 0.251 e. The van der Waals surface area contributed by atoms with Crippen molar-refractivity contribution >= 4 is 15.9 Å². The van der Waals surface area contributed by atoms with E-state index in [1.165, 1.54) is 19.2 Å². The quantitative estimate of drug-likeness (QED) is 0.702. The van der Waals surface area contributed by atoms with Gasteiger partial charge in [0.25, 0.3) is 5.91 Å². The predicted octanol–water partition coefficient (Wildman–Crippen LogP) is 1.85. The van der Waals surface area contributed by atoms with Gasteiger partial charge in [-0.05, 0) is 36.8 Å². The van der Waals surface area contributed by atoms with Crippen LogP contribution in [0, 0.1) is 6.92 Å². The molecule has 0 aliphatic carbocycles. The molecule has 1 amide bonds. The lowest BCUT2D eigenvalue weighted by atomic mass is 10.1. The summed E-state index contributed by atoms with van der Waals surface area (Å²) in [5.74, 6) is -0.165. The van der Waals surface area contributed by atoms with Gasteiger partial charge in [-0.15, -0.1) is 0 Å². The number of sulfonamides is 1. The van der Waals surface area contributed by atoms with Crippen LogP contribution in [-0.2, 0) is 21.3 Å². The lowest BCUT2D eigenvalue weighted by molar-refractivity contribution is 0.0951. The molecule has 25 heavy (non-hydrogen) atoms. The molecule has 0 aromatic heterocycles. The van der Waals surface area contributed by atoms with Crippen molar-refractivity contribution in [2.45, 2.75) is 18.4 Å². The molecule has 0 spiro atoms. The zero-order valence-corrected chi connectivity index (χ0v) is 15.1. The number of carbonyl (C=O) groups excluding carboxylic acids is 1. The Balaban J connectivity index is 1.95. The first-order chi connectivity index (χ1) is 11.9. The molecule has 0 saturated carbocycles. The van der Waals surface area contributed by atoms with Gasteiger partial charge in [0.05, 0.1) is 11.5 Å². The lowest BCUT2D eigenvalue weighted by Crippen LogP contribution is -2.27. The molecule has 134 valence electrons. The normalized spacial score (nSPS) is 11.3. The molecule has 2 aromatic rings. The van der Waals surface area contributed by atoms with E-state index in [1.807, 2.05) is 25.1 Å². The zero-order valence-electron chi connectivity index (χ0n) is 14.3. The fraction of sp³-hybridized carbons (Fsp3) is 0.278. The number of hydrogen-bond acceptors (Lipinski definition) is 4. The summed E-state index contributed by atoms with van der Waals surface area (Å²) >= 11 is 0. The number of ether oxygens (including phenoxy) is 1. The number of benzene rings is 2. The maximum absolute atomic E-state index is 12.1. The van der Waals surface area contributed by atoms with Crippen molar-refractivity contribution in [2.75, 3.05) is 20.3 Å². The summed E-state index contributed by atoms with van der Waals surface area (Å²) in [6, 6.07) is 13.7. The smallest absolute Gasteiger partial charge is 0.251 e. The van der Waals surface area contributed by atoms with Gasteiger partial charge < -0.3 is 10.1 Å². The summed E-state index contributed by atoms with van der Waals surface area (Å²) in [4.78, 5) is 12.3. The SMILES string of the molecule is COCCNS(=O)(=O)c1ccc(CNC(=O)c2cccc(C)c2)cc1. The van der Waals surface area contributed by atoms with Gasteiger partial charge in [-0.1, -0.05) is 29.8 Å². The first-order valence-corrected chi connectivity index (χ1v) is 9.33. The fourth-order valence-electron chi connectivity index (χ4n) is 2.22. The Morgan fingerprint density at radius 3 is 2.48 bits per heavy atom. The van der Waals surface area contributed by atoms with Gasteiger partial charge in [-0.2, -0.15) is 0 Å². The molecule has 0 bridgehead atoms. The van der Waals surface area contributed by atoms with Gasteiger partial charge in [0.1, 0.15) is 0 Å². The largest absolute Gasteiger partial charge is 0.383 e. The van der Waals surface area contributed by atoms with Crippen molar-refractivity contribution in [1.29, 1.82) is 0 Å². The highest BCUT2D eigenvalue weighted by Gasteiger charge is 2.13. The van der Waals surface area contributed by atoms with Crippen molar-refractivity contribution < 1.29 is 17.9 Å². The monoisotopic (exact) mass is 362 g/mol. The number of rotatable bonds is 8. The molecule has 0 fully saturated rings. The molecule has 0 saturated heterocycles. The van der Waals surface area contributed by atoms with Crippen LogP contribution < -0.4 is 10.0 Å². The lowest BCUT2D eigenvalue weighted by Gasteiger charge is -2.09. The van der Waals surface area contributed by atoms with E-state index < -0.39 is 10.0 Å². The standard InChI is InChI=1S/C18H22N2O4S/c1-14-4-3-5-16(12-14)18(21)19-13-15-6-8-17(9-7-15)25(22,23)20-10-11-24-2/h3-9,12,20H,10-11,13H2,1-2H3,(H,19,21). The fourth-order valence-corrected chi connectivity index (χ4v) is 3.23. The predicted molar refractivity (Wildman–Crippen MR) is 95.9 cm³/mol.